The number of amides is 2. The Bertz CT molecular complexity index is 847. The van der Waals surface area contributed by atoms with Crippen LogP contribution in [0.4, 0.5) is 5.69 Å². The van der Waals surface area contributed by atoms with E-state index in [0.29, 0.717) is 11.4 Å². The lowest BCUT2D eigenvalue weighted by Crippen LogP contribution is -3.29. The highest BCUT2D eigenvalue weighted by Gasteiger charge is 2.47. The van der Waals surface area contributed by atoms with Crippen molar-refractivity contribution >= 4 is 17.5 Å². The maximum absolute atomic E-state index is 13.1. The highest BCUT2D eigenvalue weighted by atomic mass is 16.5. The number of nitrogens with zero attached hydrogens (tertiary/aromatic N) is 1. The van der Waals surface area contributed by atoms with Crippen LogP contribution in [0.25, 0.3) is 0 Å². The van der Waals surface area contributed by atoms with Crippen molar-refractivity contribution in [2.75, 3.05) is 38.2 Å². The number of benzene rings is 2. The zero-order valence-corrected chi connectivity index (χ0v) is 16.2. The summed E-state index contributed by atoms with van der Waals surface area (Å²) in [6.45, 7) is 4.85. The van der Waals surface area contributed by atoms with Gasteiger partial charge in [0.15, 0.2) is 6.04 Å². The summed E-state index contributed by atoms with van der Waals surface area (Å²) in [5, 5.41) is 0. The van der Waals surface area contributed by atoms with E-state index < -0.39 is 0 Å². The van der Waals surface area contributed by atoms with E-state index >= 15 is 0 Å². The number of hydrogen-bond acceptors (Lipinski definition) is 3. The van der Waals surface area contributed by atoms with E-state index in [1.807, 2.05) is 18.2 Å². The first-order valence-electron chi connectivity index (χ1n) is 9.89. The lowest BCUT2D eigenvalue weighted by Gasteiger charge is -2.32. The molecule has 6 heteroatoms. The highest BCUT2D eigenvalue weighted by Crippen LogP contribution is 2.31. The minimum atomic E-state index is -0.282. The Labute approximate surface area is 165 Å². The quantitative estimate of drug-likeness (QED) is 0.675. The number of anilines is 1. The zero-order valence-electron chi connectivity index (χ0n) is 16.2. The third-order valence-electron chi connectivity index (χ3n) is 5.86. The van der Waals surface area contributed by atoms with Gasteiger partial charge in [0, 0.05) is 5.56 Å². The minimum Gasteiger partial charge on any atom is -0.495 e. The first kappa shape index (κ1) is 18.7. The number of rotatable bonds is 5. The second kappa shape index (κ2) is 8.12. The fraction of sp³-hybridized carbons (Fsp3) is 0.364. The number of hydrogen-bond donors (Lipinski definition) is 2. The van der Waals surface area contributed by atoms with Crippen LogP contribution in [0.5, 0.6) is 5.75 Å². The predicted molar refractivity (Wildman–Crippen MR) is 105 cm³/mol. The van der Waals surface area contributed by atoms with E-state index in [1.54, 1.807) is 19.2 Å². The molecule has 2 fully saturated rings. The van der Waals surface area contributed by atoms with Crippen LogP contribution in [0.15, 0.2) is 54.6 Å². The first-order chi connectivity index (χ1) is 13.7. The Morgan fingerprint density at radius 2 is 1.64 bits per heavy atom. The Kier molecular flexibility index (Phi) is 5.41. The molecule has 2 N–H and O–H groups in total. The normalized spacial score (nSPS) is 25.2. The van der Waals surface area contributed by atoms with Crippen molar-refractivity contribution in [3.63, 3.8) is 0 Å². The van der Waals surface area contributed by atoms with Gasteiger partial charge in [0.2, 0.25) is 5.91 Å². The number of nitrogens with one attached hydrogen (secondary N) is 2. The van der Waals surface area contributed by atoms with Crippen LogP contribution in [0.3, 0.4) is 0 Å². The van der Waals surface area contributed by atoms with Gasteiger partial charge in [-0.1, -0.05) is 42.5 Å². The van der Waals surface area contributed by atoms with Gasteiger partial charge >= 0.3 is 0 Å². The molecule has 1 unspecified atom stereocenters. The Morgan fingerprint density at radius 1 is 0.964 bits per heavy atom. The van der Waals surface area contributed by atoms with Gasteiger partial charge < -0.3 is 14.5 Å². The monoisotopic (exact) mass is 381 g/mol. The molecule has 0 aliphatic carbocycles. The summed E-state index contributed by atoms with van der Waals surface area (Å²) in [6, 6.07) is 17.4. The largest absolute Gasteiger partial charge is 0.495 e. The lowest BCUT2D eigenvalue weighted by atomic mass is 10.1. The smallest absolute Gasteiger partial charge is 0.292 e. The molecule has 4 rings (SSSR count). The van der Waals surface area contributed by atoms with Crippen molar-refractivity contribution in [3.05, 3.63) is 60.2 Å². The number of carbonyl (C=O) groups is 2. The predicted octanol–water partition coefficient (Wildman–Crippen LogP) is -0.689. The van der Waals surface area contributed by atoms with E-state index in [-0.39, 0.29) is 24.3 Å². The van der Waals surface area contributed by atoms with Crippen LogP contribution in [0.2, 0.25) is 0 Å². The van der Waals surface area contributed by atoms with E-state index in [0.717, 1.165) is 32.7 Å². The summed E-state index contributed by atoms with van der Waals surface area (Å²) >= 11 is 0. The Morgan fingerprint density at radius 3 is 2.36 bits per heavy atom. The summed E-state index contributed by atoms with van der Waals surface area (Å²) in [7, 11) is 1.56. The average molecular weight is 381 g/mol. The van der Waals surface area contributed by atoms with Crippen molar-refractivity contribution in [3.8, 4) is 5.75 Å². The van der Waals surface area contributed by atoms with Crippen LogP contribution in [0.1, 0.15) is 12.0 Å². The van der Waals surface area contributed by atoms with Gasteiger partial charge in [-0.15, -0.1) is 0 Å². The van der Waals surface area contributed by atoms with E-state index in [9.17, 15) is 9.59 Å². The third kappa shape index (κ3) is 3.66. The summed E-state index contributed by atoms with van der Waals surface area (Å²) in [5.41, 5.74) is 1.89. The molecule has 0 aromatic heterocycles. The average Bonchev–Trinajstić information content (AvgIpc) is 3.03. The molecule has 0 saturated carbocycles. The number of quaternary nitrogens is 2. The maximum atomic E-state index is 13.1. The molecule has 2 amide bonds. The van der Waals surface area contributed by atoms with Gasteiger partial charge in [0.05, 0.1) is 19.2 Å². The number of imide groups is 1. The number of piperazine rings is 1. The van der Waals surface area contributed by atoms with Crippen molar-refractivity contribution in [2.24, 2.45) is 0 Å². The second-order valence-corrected chi connectivity index (χ2v) is 7.57. The molecule has 0 bridgehead atoms. The summed E-state index contributed by atoms with van der Waals surface area (Å²) in [6.07, 6.45) is 0.278. The van der Waals surface area contributed by atoms with Crippen molar-refractivity contribution in [1.29, 1.82) is 0 Å². The number of methoxy groups -OCH3 is 1. The second-order valence-electron chi connectivity index (χ2n) is 7.57. The molecule has 2 aromatic carbocycles. The van der Waals surface area contributed by atoms with Gasteiger partial charge in [-0.3, -0.25) is 9.59 Å². The van der Waals surface area contributed by atoms with Crippen LogP contribution >= 0.6 is 0 Å². The third-order valence-corrected chi connectivity index (χ3v) is 5.86. The standard InChI is InChI=1S/C22H25N3O3/c1-28-20-10-6-5-9-18(20)25-21(26)15-19(22(25)27)24-13-11-23(12-14-24)16-17-7-3-2-4-8-17/h2-10,19H,11-16H2,1H3/p+2. The Balaban J connectivity index is 1.41. The van der Waals surface area contributed by atoms with Gasteiger partial charge in [0.25, 0.3) is 5.91 Å². The van der Waals surface area contributed by atoms with Crippen molar-refractivity contribution in [1.82, 2.24) is 0 Å². The topological polar surface area (TPSA) is 55.5 Å². The number of para-hydroxylation sites is 2. The molecule has 28 heavy (non-hydrogen) atoms. The molecule has 0 spiro atoms. The zero-order chi connectivity index (χ0) is 19.5. The number of ether oxygens (including phenoxy) is 1. The molecule has 2 saturated heterocycles. The van der Waals surface area contributed by atoms with Crippen LogP contribution in [0, 0.1) is 0 Å². The van der Waals surface area contributed by atoms with Gasteiger partial charge in [-0.2, -0.15) is 0 Å². The van der Waals surface area contributed by atoms with E-state index in [2.05, 4.69) is 24.3 Å². The van der Waals surface area contributed by atoms with Gasteiger partial charge in [-0.25, -0.2) is 4.90 Å². The molecule has 2 aliphatic rings. The summed E-state index contributed by atoms with van der Waals surface area (Å²) < 4.78 is 5.35. The summed E-state index contributed by atoms with van der Waals surface area (Å²) in [4.78, 5) is 29.8. The fourth-order valence-electron chi connectivity index (χ4n) is 4.35. The van der Waals surface area contributed by atoms with Crippen LogP contribution in [-0.2, 0) is 16.1 Å². The first-order valence-corrected chi connectivity index (χ1v) is 9.89. The van der Waals surface area contributed by atoms with E-state index in [1.165, 1.54) is 20.3 Å². The number of carbonyl (C=O) groups excluding carboxylic acids is 2. The highest BCUT2D eigenvalue weighted by molar-refractivity contribution is 6.22. The van der Waals surface area contributed by atoms with Crippen LogP contribution < -0.4 is 19.4 Å². The molecular formula is C22H27N3O3+2. The molecule has 0 radical (unpaired) electrons. The van der Waals surface area contributed by atoms with Crippen molar-refractivity contribution in [2.45, 2.75) is 19.0 Å². The fourth-order valence-corrected chi connectivity index (χ4v) is 4.35. The molecule has 1 atom stereocenters. The van der Waals surface area contributed by atoms with Gasteiger partial charge in [0.1, 0.15) is 38.5 Å². The molecule has 2 aromatic rings. The van der Waals surface area contributed by atoms with Crippen molar-refractivity contribution < 1.29 is 24.1 Å². The molecule has 2 aliphatic heterocycles. The summed E-state index contributed by atoms with van der Waals surface area (Å²) in [5.74, 6) is 0.319. The molecule has 6 nitrogen and oxygen atoms in total. The molecule has 146 valence electrons. The molecular weight excluding hydrogens is 354 g/mol. The van der Waals surface area contributed by atoms with Crippen LogP contribution in [-0.4, -0.2) is 51.1 Å². The maximum Gasteiger partial charge on any atom is 0.292 e. The minimum absolute atomic E-state index is 0.101. The Hall–Kier alpha value is -2.70. The molecule has 2 heterocycles. The van der Waals surface area contributed by atoms with Gasteiger partial charge in [-0.05, 0) is 12.1 Å². The SMILES string of the molecule is COc1ccccc1N1C(=O)CC([NH+]2CC[NH+](Cc3ccccc3)CC2)C1=O. The lowest BCUT2D eigenvalue weighted by molar-refractivity contribution is -1.02. The van der Waals surface area contributed by atoms with E-state index in [4.69, 9.17) is 4.74 Å².